The summed E-state index contributed by atoms with van der Waals surface area (Å²) in [5, 5.41) is 7.00. The van der Waals surface area contributed by atoms with Crippen molar-refractivity contribution >= 4 is 17.6 Å². The zero-order chi connectivity index (χ0) is 23.2. The lowest BCUT2D eigenvalue weighted by Crippen LogP contribution is -2.41. The molecule has 5 rings (SSSR count). The second-order valence-corrected chi connectivity index (χ2v) is 9.09. The molecule has 2 amide bonds. The number of hydrogen-bond donors (Lipinski definition) is 1. The van der Waals surface area contributed by atoms with Crippen molar-refractivity contribution in [2.24, 2.45) is 7.05 Å². The molecule has 0 atom stereocenters. The quantitative estimate of drug-likeness (QED) is 0.640. The van der Waals surface area contributed by atoms with Gasteiger partial charge in [0.25, 0.3) is 11.8 Å². The molecule has 0 bridgehead atoms. The van der Waals surface area contributed by atoms with Gasteiger partial charge in [0.1, 0.15) is 22.8 Å². The van der Waals surface area contributed by atoms with Gasteiger partial charge in [-0.1, -0.05) is 0 Å². The molecule has 2 aromatic carbocycles. The smallest absolute Gasteiger partial charge is 0.257 e. The summed E-state index contributed by atoms with van der Waals surface area (Å²) in [5.41, 5.74) is 1.57. The summed E-state index contributed by atoms with van der Waals surface area (Å²) in [6.45, 7) is 5.62. The molecule has 3 aromatic rings. The van der Waals surface area contributed by atoms with E-state index in [0.717, 1.165) is 25.1 Å². The Morgan fingerprint density at radius 1 is 1.09 bits per heavy atom. The van der Waals surface area contributed by atoms with E-state index in [0.29, 0.717) is 40.6 Å². The molecule has 0 saturated carbocycles. The topological polar surface area (TPSA) is 85.7 Å². The molecular weight excluding hydrogens is 420 g/mol. The van der Waals surface area contributed by atoms with Crippen LogP contribution in [0.1, 0.15) is 46.5 Å². The minimum absolute atomic E-state index is 0.0389. The van der Waals surface area contributed by atoms with Crippen LogP contribution in [-0.2, 0) is 13.5 Å². The van der Waals surface area contributed by atoms with Crippen LogP contribution in [0.25, 0.3) is 0 Å². The lowest BCUT2D eigenvalue weighted by atomic mass is 9.99. The van der Waals surface area contributed by atoms with Crippen molar-refractivity contribution in [1.82, 2.24) is 14.7 Å². The molecule has 2 aliphatic heterocycles. The average molecular weight is 447 g/mol. The number of carbonyl (C=O) groups excluding carboxylic acids is 2. The largest absolute Gasteiger partial charge is 0.487 e. The first-order valence-corrected chi connectivity index (χ1v) is 11.0. The van der Waals surface area contributed by atoms with E-state index in [-0.39, 0.29) is 11.8 Å². The number of likely N-dealkylation sites (tertiary alicyclic amines) is 1. The van der Waals surface area contributed by atoms with Gasteiger partial charge in [0.05, 0.1) is 0 Å². The molecular formula is C25H26N4O4. The third-order valence-electron chi connectivity index (χ3n) is 5.85. The maximum Gasteiger partial charge on any atom is 0.257 e. The highest BCUT2D eigenvalue weighted by molar-refractivity contribution is 6.04. The van der Waals surface area contributed by atoms with Crippen molar-refractivity contribution in [3.63, 3.8) is 0 Å². The zero-order valence-corrected chi connectivity index (χ0v) is 18.9. The van der Waals surface area contributed by atoms with Crippen LogP contribution < -0.4 is 14.8 Å². The van der Waals surface area contributed by atoms with Crippen molar-refractivity contribution in [3.8, 4) is 17.2 Å². The van der Waals surface area contributed by atoms with E-state index >= 15 is 0 Å². The predicted molar refractivity (Wildman–Crippen MR) is 123 cm³/mol. The maximum absolute atomic E-state index is 12.9. The average Bonchev–Trinajstić information content (AvgIpc) is 3.27. The van der Waals surface area contributed by atoms with Crippen LogP contribution in [0.2, 0.25) is 0 Å². The normalized spacial score (nSPS) is 15.9. The van der Waals surface area contributed by atoms with Gasteiger partial charge in [-0.2, -0.15) is 5.10 Å². The van der Waals surface area contributed by atoms with E-state index in [2.05, 4.69) is 10.4 Å². The number of benzene rings is 2. The summed E-state index contributed by atoms with van der Waals surface area (Å²) in [6, 6.07) is 12.3. The number of hydrogen-bond acceptors (Lipinski definition) is 5. The van der Waals surface area contributed by atoms with Crippen LogP contribution in [0.3, 0.4) is 0 Å². The first kappa shape index (κ1) is 21.1. The highest BCUT2D eigenvalue weighted by Gasteiger charge is 2.34. The number of aromatic nitrogens is 2. The van der Waals surface area contributed by atoms with Gasteiger partial charge in [-0.25, -0.2) is 0 Å². The molecule has 8 nitrogen and oxygen atoms in total. The van der Waals surface area contributed by atoms with Crippen LogP contribution >= 0.6 is 0 Å². The van der Waals surface area contributed by atoms with E-state index in [9.17, 15) is 9.59 Å². The molecule has 0 spiro atoms. The number of aryl methyl sites for hydroxylation is 1. The van der Waals surface area contributed by atoms with Gasteiger partial charge in [-0.15, -0.1) is 0 Å². The van der Waals surface area contributed by atoms with Gasteiger partial charge < -0.3 is 19.7 Å². The summed E-state index contributed by atoms with van der Waals surface area (Å²) < 4.78 is 13.9. The molecule has 33 heavy (non-hydrogen) atoms. The Bertz CT molecular complexity index is 1230. The van der Waals surface area contributed by atoms with Gasteiger partial charge in [0.2, 0.25) is 0 Å². The van der Waals surface area contributed by atoms with Crippen LogP contribution in [0.4, 0.5) is 5.82 Å². The van der Waals surface area contributed by atoms with Crippen LogP contribution in [-0.4, -0.2) is 45.2 Å². The lowest BCUT2D eigenvalue weighted by molar-refractivity contribution is 0.0651. The molecule has 0 unspecified atom stereocenters. The van der Waals surface area contributed by atoms with Crippen LogP contribution in [0.5, 0.6) is 17.2 Å². The fourth-order valence-corrected chi connectivity index (χ4v) is 4.03. The zero-order valence-electron chi connectivity index (χ0n) is 18.9. The lowest BCUT2D eigenvalue weighted by Gasteiger charge is -2.30. The summed E-state index contributed by atoms with van der Waals surface area (Å²) in [4.78, 5) is 27.1. The molecule has 0 radical (unpaired) electrons. The second kappa shape index (κ2) is 7.95. The molecule has 8 heteroatoms. The molecule has 1 N–H and O–H groups in total. The van der Waals surface area contributed by atoms with Crippen molar-refractivity contribution < 1.29 is 19.1 Å². The standard InChI is InChI=1S/C25H26N4O4/c1-25(2)15-19-20(32-18-7-5-16(6-8-18)24(31)29-10-4-11-29)13-17(14-21(19)33-25)23(30)26-22-9-12-28(3)27-22/h5-9,12-14H,4,10-11,15H2,1-3H3,(H,26,27,30). The first-order chi connectivity index (χ1) is 15.8. The first-order valence-electron chi connectivity index (χ1n) is 11.0. The number of amides is 2. The second-order valence-electron chi connectivity index (χ2n) is 9.09. The van der Waals surface area contributed by atoms with E-state index in [1.807, 2.05) is 18.7 Å². The molecule has 2 aliphatic rings. The van der Waals surface area contributed by atoms with E-state index in [4.69, 9.17) is 9.47 Å². The Morgan fingerprint density at radius 2 is 1.85 bits per heavy atom. The molecule has 0 aliphatic carbocycles. The number of fused-ring (bicyclic) bond motifs is 1. The maximum atomic E-state index is 12.9. The summed E-state index contributed by atoms with van der Waals surface area (Å²) in [5.74, 6) is 1.99. The van der Waals surface area contributed by atoms with Gasteiger partial charge >= 0.3 is 0 Å². The SMILES string of the molecule is Cn1ccc(NC(=O)c2cc(Oc3ccc(C(=O)N4CCC4)cc3)c3c(c2)OC(C)(C)C3)n1. The van der Waals surface area contributed by atoms with Gasteiger partial charge in [0.15, 0.2) is 5.82 Å². The van der Waals surface area contributed by atoms with Gasteiger partial charge in [0, 0.05) is 55.5 Å². The van der Waals surface area contributed by atoms with Crippen molar-refractivity contribution in [2.75, 3.05) is 18.4 Å². The number of anilines is 1. The fourth-order valence-electron chi connectivity index (χ4n) is 4.03. The summed E-state index contributed by atoms with van der Waals surface area (Å²) in [7, 11) is 1.79. The van der Waals surface area contributed by atoms with E-state index in [1.54, 1.807) is 60.4 Å². The number of ether oxygens (including phenoxy) is 2. The Hall–Kier alpha value is -3.81. The third kappa shape index (κ3) is 4.28. The summed E-state index contributed by atoms with van der Waals surface area (Å²) in [6.07, 6.45) is 3.47. The molecule has 1 aromatic heterocycles. The van der Waals surface area contributed by atoms with E-state index < -0.39 is 5.60 Å². The van der Waals surface area contributed by atoms with Crippen LogP contribution in [0, 0.1) is 0 Å². The highest BCUT2D eigenvalue weighted by atomic mass is 16.5. The van der Waals surface area contributed by atoms with Crippen molar-refractivity contribution in [2.45, 2.75) is 32.3 Å². The minimum Gasteiger partial charge on any atom is -0.487 e. The number of nitrogens with zero attached hydrogens (tertiary/aromatic N) is 3. The van der Waals surface area contributed by atoms with Crippen molar-refractivity contribution in [3.05, 3.63) is 65.4 Å². The fraction of sp³-hybridized carbons (Fsp3) is 0.320. The van der Waals surface area contributed by atoms with Gasteiger partial charge in [-0.05, 0) is 56.7 Å². The van der Waals surface area contributed by atoms with Crippen LogP contribution in [0.15, 0.2) is 48.7 Å². The Labute approximate surface area is 192 Å². The monoisotopic (exact) mass is 446 g/mol. The van der Waals surface area contributed by atoms with Crippen molar-refractivity contribution in [1.29, 1.82) is 0 Å². The van der Waals surface area contributed by atoms with E-state index in [1.165, 1.54) is 0 Å². The molecule has 3 heterocycles. The minimum atomic E-state index is -0.399. The Morgan fingerprint density at radius 3 is 2.48 bits per heavy atom. The highest BCUT2D eigenvalue weighted by Crippen LogP contribution is 2.43. The third-order valence-corrected chi connectivity index (χ3v) is 5.85. The Balaban J connectivity index is 1.41. The molecule has 1 fully saturated rings. The Kier molecular flexibility index (Phi) is 5.08. The molecule has 170 valence electrons. The number of nitrogens with one attached hydrogen (secondary N) is 1. The number of carbonyl (C=O) groups is 2. The summed E-state index contributed by atoms with van der Waals surface area (Å²) >= 11 is 0. The predicted octanol–water partition coefficient (Wildman–Crippen LogP) is 4.02. The number of rotatable bonds is 5. The van der Waals surface area contributed by atoms with Gasteiger partial charge in [-0.3, -0.25) is 14.3 Å². The molecule has 1 saturated heterocycles.